The van der Waals surface area contributed by atoms with Crippen molar-refractivity contribution in [1.82, 2.24) is 4.98 Å². The lowest BCUT2D eigenvalue weighted by atomic mass is 10.0. The zero-order chi connectivity index (χ0) is 21.2. The summed E-state index contributed by atoms with van der Waals surface area (Å²) in [6.07, 6.45) is 3.40. The number of halogens is 1. The smallest absolute Gasteiger partial charge is 0.414 e. The molecule has 7 nitrogen and oxygen atoms in total. The summed E-state index contributed by atoms with van der Waals surface area (Å²) in [6, 6.07) is 5.68. The first-order chi connectivity index (χ1) is 13.7. The summed E-state index contributed by atoms with van der Waals surface area (Å²) in [4.78, 5) is 32.6. The maximum absolute atomic E-state index is 12.7. The Morgan fingerprint density at radius 3 is 2.62 bits per heavy atom. The Bertz CT molecular complexity index is 907. The monoisotopic (exact) mass is 463 g/mol. The molecule has 0 radical (unpaired) electrons. The Labute approximate surface area is 179 Å². The normalized spacial score (nSPS) is 15.2. The summed E-state index contributed by atoms with van der Waals surface area (Å²) < 4.78 is 11.9. The van der Waals surface area contributed by atoms with Gasteiger partial charge >= 0.3 is 6.09 Å². The highest BCUT2D eigenvalue weighted by Crippen LogP contribution is 2.38. The van der Waals surface area contributed by atoms with Gasteiger partial charge in [0.05, 0.1) is 23.1 Å². The van der Waals surface area contributed by atoms with Gasteiger partial charge in [0.1, 0.15) is 5.60 Å². The number of rotatable bonds is 4. The maximum atomic E-state index is 12.7. The third-order valence-electron chi connectivity index (χ3n) is 4.77. The molecule has 0 spiro atoms. The Morgan fingerprint density at radius 1 is 1.31 bits per heavy atom. The zero-order valence-electron chi connectivity index (χ0n) is 17.1. The van der Waals surface area contributed by atoms with Crippen LogP contribution in [0.5, 0.6) is 0 Å². The summed E-state index contributed by atoms with van der Waals surface area (Å²) in [5.74, 6) is 0. The highest BCUT2D eigenvalue weighted by atomic mass is 79.9. The molecule has 1 saturated heterocycles. The minimum Gasteiger partial charge on any atom is -0.443 e. The highest BCUT2D eigenvalue weighted by Gasteiger charge is 2.29. The fraction of sp³-hybridized carbons (Fsp3) is 0.476. The van der Waals surface area contributed by atoms with Gasteiger partial charge in [0, 0.05) is 36.2 Å². The van der Waals surface area contributed by atoms with Crippen LogP contribution < -0.4 is 9.80 Å². The number of ether oxygens (including phenoxy) is 2. The first kappa shape index (κ1) is 21.5. The Kier molecular flexibility index (Phi) is 6.43. The molecular weight excluding hydrogens is 438 g/mol. The average molecular weight is 464 g/mol. The van der Waals surface area contributed by atoms with Crippen molar-refractivity contribution in [3.8, 4) is 0 Å². The zero-order valence-corrected chi connectivity index (χ0v) is 18.7. The van der Waals surface area contributed by atoms with Crippen molar-refractivity contribution in [2.24, 2.45) is 0 Å². The molecule has 0 aliphatic carbocycles. The number of fused-ring (bicyclic) bond motifs is 1. The Hall–Kier alpha value is -2.19. The van der Waals surface area contributed by atoms with Crippen molar-refractivity contribution >= 4 is 50.7 Å². The van der Waals surface area contributed by atoms with E-state index in [1.54, 1.807) is 18.1 Å². The largest absolute Gasteiger partial charge is 0.443 e. The minimum atomic E-state index is -0.635. The molecule has 2 amide bonds. The number of carbonyl (C=O) groups is 2. The van der Waals surface area contributed by atoms with E-state index < -0.39 is 11.7 Å². The minimum absolute atomic E-state index is 0.0170. The van der Waals surface area contributed by atoms with Crippen LogP contribution in [-0.2, 0) is 14.3 Å². The number of amides is 2. The molecule has 0 atom stereocenters. The predicted molar refractivity (Wildman–Crippen MR) is 116 cm³/mol. The number of pyridine rings is 1. The van der Waals surface area contributed by atoms with Crippen LogP contribution in [0.15, 0.2) is 28.9 Å². The maximum Gasteiger partial charge on any atom is 0.414 e. The number of hydrogen-bond acceptors (Lipinski definition) is 5. The molecule has 1 aliphatic rings. The molecule has 29 heavy (non-hydrogen) atoms. The molecule has 1 aliphatic heterocycles. The summed E-state index contributed by atoms with van der Waals surface area (Å²) in [5.41, 5.74) is 1.27. The second-order valence-corrected chi connectivity index (χ2v) is 8.96. The van der Waals surface area contributed by atoms with Gasteiger partial charge < -0.3 is 14.4 Å². The Morgan fingerprint density at radius 2 is 2.00 bits per heavy atom. The second-order valence-electron chi connectivity index (χ2n) is 8.05. The summed E-state index contributed by atoms with van der Waals surface area (Å²) in [6.45, 7) is 6.64. The van der Waals surface area contributed by atoms with Crippen LogP contribution in [-0.4, -0.2) is 49.4 Å². The van der Waals surface area contributed by atoms with Crippen molar-refractivity contribution in [2.75, 3.05) is 30.1 Å². The van der Waals surface area contributed by atoms with E-state index in [-0.39, 0.29) is 6.04 Å². The number of hydrogen-bond donors (Lipinski definition) is 0. The third-order valence-corrected chi connectivity index (χ3v) is 5.26. The SMILES string of the molecule is CN(C(=O)OC(C)(C)C)c1cnc2ccc(Br)cc2c1N(C=O)C1CCOCC1. The molecule has 8 heteroatoms. The van der Waals surface area contributed by atoms with Gasteiger partial charge in [-0.1, -0.05) is 15.9 Å². The van der Waals surface area contributed by atoms with Gasteiger partial charge in [-0.05, 0) is 51.8 Å². The molecular formula is C21H26BrN3O4. The summed E-state index contributed by atoms with van der Waals surface area (Å²) >= 11 is 3.50. The van der Waals surface area contributed by atoms with Crippen molar-refractivity contribution in [1.29, 1.82) is 0 Å². The molecule has 0 bridgehead atoms. The molecule has 1 aromatic carbocycles. The van der Waals surface area contributed by atoms with Gasteiger partial charge in [0.2, 0.25) is 6.41 Å². The van der Waals surface area contributed by atoms with Crippen LogP contribution in [0, 0.1) is 0 Å². The van der Waals surface area contributed by atoms with Gasteiger partial charge in [-0.2, -0.15) is 0 Å². The van der Waals surface area contributed by atoms with Crippen molar-refractivity contribution in [3.05, 3.63) is 28.9 Å². The van der Waals surface area contributed by atoms with Crippen LogP contribution >= 0.6 is 15.9 Å². The van der Waals surface area contributed by atoms with Gasteiger partial charge in [-0.15, -0.1) is 0 Å². The van der Waals surface area contributed by atoms with Crippen LogP contribution in [0.25, 0.3) is 10.9 Å². The summed E-state index contributed by atoms with van der Waals surface area (Å²) in [5, 5.41) is 0.783. The molecule has 156 valence electrons. The standard InChI is InChI=1S/C21H26BrN3O4/c1-21(2,3)29-20(27)24(4)18-12-23-17-6-5-14(22)11-16(17)19(18)25(13-26)15-7-9-28-10-8-15/h5-6,11-13,15H,7-10H2,1-4H3. The first-order valence-electron chi connectivity index (χ1n) is 9.57. The van der Waals surface area contributed by atoms with Gasteiger partial charge in [0.25, 0.3) is 0 Å². The van der Waals surface area contributed by atoms with E-state index in [1.165, 1.54) is 4.90 Å². The quantitative estimate of drug-likeness (QED) is 0.623. The van der Waals surface area contributed by atoms with Gasteiger partial charge in [-0.3, -0.25) is 14.7 Å². The molecule has 1 fully saturated rings. The Balaban J connectivity index is 2.15. The number of benzene rings is 1. The number of carbonyl (C=O) groups excluding carboxylic acids is 2. The van der Waals surface area contributed by atoms with Crippen LogP contribution in [0.4, 0.5) is 16.2 Å². The van der Waals surface area contributed by atoms with E-state index in [2.05, 4.69) is 20.9 Å². The van der Waals surface area contributed by atoms with E-state index in [0.717, 1.165) is 34.6 Å². The number of anilines is 2. The predicted octanol–water partition coefficient (Wildman–Crippen LogP) is 4.51. The van der Waals surface area contributed by atoms with E-state index in [1.807, 2.05) is 39.0 Å². The van der Waals surface area contributed by atoms with Crippen molar-refractivity contribution < 1.29 is 19.1 Å². The lowest BCUT2D eigenvalue weighted by Gasteiger charge is -2.34. The van der Waals surface area contributed by atoms with Gasteiger partial charge in [-0.25, -0.2) is 4.79 Å². The molecule has 2 aromatic rings. The molecule has 0 N–H and O–H groups in total. The lowest BCUT2D eigenvalue weighted by Crippen LogP contribution is -2.40. The second kappa shape index (κ2) is 8.67. The highest BCUT2D eigenvalue weighted by molar-refractivity contribution is 9.10. The van der Waals surface area contributed by atoms with Gasteiger partial charge in [0.15, 0.2) is 0 Å². The number of nitrogens with zero attached hydrogens (tertiary/aromatic N) is 3. The van der Waals surface area contributed by atoms with E-state index in [4.69, 9.17) is 9.47 Å². The lowest BCUT2D eigenvalue weighted by molar-refractivity contribution is -0.108. The van der Waals surface area contributed by atoms with Crippen molar-refractivity contribution in [2.45, 2.75) is 45.3 Å². The van der Waals surface area contributed by atoms with E-state index in [9.17, 15) is 9.59 Å². The van der Waals surface area contributed by atoms with Crippen LogP contribution in [0.3, 0.4) is 0 Å². The molecule has 0 saturated carbocycles. The van der Waals surface area contributed by atoms with Crippen LogP contribution in [0.1, 0.15) is 33.6 Å². The van der Waals surface area contributed by atoms with E-state index in [0.29, 0.717) is 24.6 Å². The fourth-order valence-corrected chi connectivity index (χ4v) is 3.73. The fourth-order valence-electron chi connectivity index (χ4n) is 3.37. The first-order valence-corrected chi connectivity index (χ1v) is 10.4. The molecule has 3 rings (SSSR count). The molecule has 2 heterocycles. The number of aromatic nitrogens is 1. The third kappa shape index (κ3) is 4.87. The van der Waals surface area contributed by atoms with Crippen molar-refractivity contribution in [3.63, 3.8) is 0 Å². The van der Waals surface area contributed by atoms with Crippen LogP contribution in [0.2, 0.25) is 0 Å². The molecule has 1 aromatic heterocycles. The summed E-state index contributed by atoms with van der Waals surface area (Å²) in [7, 11) is 1.63. The molecule has 0 unspecified atom stereocenters. The topological polar surface area (TPSA) is 72.0 Å². The average Bonchev–Trinajstić information content (AvgIpc) is 2.67. The van der Waals surface area contributed by atoms with E-state index >= 15 is 0 Å².